The molecule has 1 fully saturated rings. The van der Waals surface area contributed by atoms with Gasteiger partial charge in [-0.25, -0.2) is 0 Å². The zero-order chi connectivity index (χ0) is 17.1. The van der Waals surface area contributed by atoms with Gasteiger partial charge in [0.2, 0.25) is 0 Å². The van der Waals surface area contributed by atoms with Crippen molar-refractivity contribution in [2.45, 2.75) is 38.0 Å². The van der Waals surface area contributed by atoms with Crippen LogP contribution in [0.1, 0.15) is 24.1 Å². The summed E-state index contributed by atoms with van der Waals surface area (Å²) in [6.45, 7) is 2.44. The number of hydrogen-bond donors (Lipinski definition) is 1. The fraction of sp³-hybridized carbons (Fsp3) is 0.400. The van der Waals surface area contributed by atoms with Gasteiger partial charge in [0, 0.05) is 18.7 Å². The molecule has 1 atom stereocenters. The molecule has 2 aliphatic rings. The Morgan fingerprint density at radius 3 is 2.72 bits per heavy atom. The summed E-state index contributed by atoms with van der Waals surface area (Å²) >= 11 is 0. The Morgan fingerprint density at radius 2 is 1.96 bits per heavy atom. The number of fused-ring (bicyclic) bond motifs is 1. The average Bonchev–Trinajstić information content (AvgIpc) is 3.11. The number of nitrogens with one attached hydrogen (secondary N) is 1. The highest BCUT2D eigenvalue weighted by molar-refractivity contribution is 5.83. The molecule has 0 aliphatic carbocycles. The molecule has 1 amide bonds. The quantitative estimate of drug-likeness (QED) is 0.929. The summed E-state index contributed by atoms with van der Waals surface area (Å²) in [6, 6.07) is 14.0. The molecule has 1 aromatic heterocycles. The molecule has 2 aliphatic heterocycles. The first-order valence-electron chi connectivity index (χ1n) is 8.97. The predicted molar refractivity (Wildman–Crippen MR) is 95.2 cm³/mol. The summed E-state index contributed by atoms with van der Waals surface area (Å²) in [5, 5.41) is 3.37. The number of carbonyl (C=O) groups is 1. The SMILES string of the molecule is O=C(C1Cc2ccccc2O1)N(Cc1ccccn1)C1CCNCC1. The number of rotatable bonds is 4. The van der Waals surface area contributed by atoms with Crippen LogP contribution in [0.3, 0.4) is 0 Å². The molecular weight excluding hydrogens is 314 g/mol. The van der Waals surface area contributed by atoms with Gasteiger partial charge >= 0.3 is 0 Å². The highest BCUT2D eigenvalue weighted by Gasteiger charge is 2.35. The van der Waals surface area contributed by atoms with Crippen LogP contribution in [0.25, 0.3) is 0 Å². The summed E-state index contributed by atoms with van der Waals surface area (Å²) in [7, 11) is 0. The molecule has 1 N–H and O–H groups in total. The Kier molecular flexibility index (Phi) is 4.65. The van der Waals surface area contributed by atoms with E-state index in [1.807, 2.05) is 47.4 Å². The van der Waals surface area contributed by atoms with Crippen molar-refractivity contribution in [2.75, 3.05) is 13.1 Å². The second kappa shape index (κ2) is 7.23. The largest absolute Gasteiger partial charge is 0.480 e. The number of aromatic nitrogens is 1. The Balaban J connectivity index is 1.54. The van der Waals surface area contributed by atoms with Crippen LogP contribution in [-0.2, 0) is 17.8 Å². The Labute approximate surface area is 148 Å². The first-order chi connectivity index (χ1) is 12.3. The summed E-state index contributed by atoms with van der Waals surface area (Å²) in [4.78, 5) is 19.7. The predicted octanol–water partition coefficient (Wildman–Crippen LogP) is 2.17. The van der Waals surface area contributed by atoms with E-state index in [2.05, 4.69) is 10.3 Å². The minimum Gasteiger partial charge on any atom is -0.480 e. The lowest BCUT2D eigenvalue weighted by molar-refractivity contribution is -0.141. The van der Waals surface area contributed by atoms with Crippen LogP contribution in [0, 0.1) is 0 Å². The van der Waals surface area contributed by atoms with E-state index in [9.17, 15) is 4.79 Å². The van der Waals surface area contributed by atoms with Gasteiger partial charge in [-0.05, 0) is 49.7 Å². The third-order valence-electron chi connectivity index (χ3n) is 5.01. The summed E-state index contributed by atoms with van der Waals surface area (Å²) in [6.07, 6.45) is 3.95. The maximum Gasteiger partial charge on any atom is 0.264 e. The fourth-order valence-electron chi connectivity index (χ4n) is 3.68. The van der Waals surface area contributed by atoms with Crippen LogP contribution >= 0.6 is 0 Å². The minimum atomic E-state index is -0.420. The molecule has 0 radical (unpaired) electrons. The van der Waals surface area contributed by atoms with E-state index in [1.165, 1.54) is 0 Å². The van der Waals surface area contributed by atoms with E-state index in [4.69, 9.17) is 4.74 Å². The van der Waals surface area contributed by atoms with Crippen molar-refractivity contribution in [3.63, 3.8) is 0 Å². The molecule has 0 spiro atoms. The molecule has 0 saturated carbocycles. The van der Waals surface area contributed by atoms with Gasteiger partial charge in [0.1, 0.15) is 5.75 Å². The number of hydrogen-bond acceptors (Lipinski definition) is 4. The average molecular weight is 337 g/mol. The summed E-state index contributed by atoms with van der Waals surface area (Å²) in [5.41, 5.74) is 2.04. The smallest absolute Gasteiger partial charge is 0.264 e. The lowest BCUT2D eigenvalue weighted by Crippen LogP contribution is -2.50. The lowest BCUT2D eigenvalue weighted by Gasteiger charge is -2.35. The molecule has 1 aromatic carbocycles. The third kappa shape index (κ3) is 3.51. The van der Waals surface area contributed by atoms with Crippen molar-refractivity contribution in [1.82, 2.24) is 15.2 Å². The van der Waals surface area contributed by atoms with Crippen LogP contribution in [0.2, 0.25) is 0 Å². The molecule has 3 heterocycles. The molecule has 5 heteroatoms. The third-order valence-corrected chi connectivity index (χ3v) is 5.01. The molecule has 4 rings (SSSR count). The normalized spacial score (nSPS) is 19.9. The molecule has 0 bridgehead atoms. The van der Waals surface area contributed by atoms with Crippen LogP contribution in [0.4, 0.5) is 0 Å². The number of para-hydroxylation sites is 1. The number of amides is 1. The number of piperidine rings is 1. The Bertz CT molecular complexity index is 704. The first kappa shape index (κ1) is 16.1. The summed E-state index contributed by atoms with van der Waals surface area (Å²) in [5.74, 6) is 0.915. The standard InChI is InChI=1S/C20H23N3O2/c24-20(19-13-15-5-1-2-7-18(15)25-19)23(17-8-11-21-12-9-17)14-16-6-3-4-10-22-16/h1-7,10,17,19,21H,8-9,11-14H2. The fourth-order valence-corrected chi connectivity index (χ4v) is 3.68. The van der Waals surface area contributed by atoms with Crippen LogP contribution in [0.15, 0.2) is 48.7 Å². The second-order valence-electron chi connectivity index (χ2n) is 6.69. The summed E-state index contributed by atoms with van der Waals surface area (Å²) < 4.78 is 5.95. The zero-order valence-electron chi connectivity index (χ0n) is 14.2. The Morgan fingerprint density at radius 1 is 1.16 bits per heavy atom. The van der Waals surface area contributed by atoms with Crippen molar-refractivity contribution < 1.29 is 9.53 Å². The molecule has 2 aromatic rings. The van der Waals surface area contributed by atoms with Gasteiger partial charge < -0.3 is 15.0 Å². The van der Waals surface area contributed by atoms with E-state index in [1.54, 1.807) is 6.20 Å². The first-order valence-corrected chi connectivity index (χ1v) is 8.97. The number of benzene rings is 1. The molecular formula is C20H23N3O2. The minimum absolute atomic E-state index is 0.0775. The number of ether oxygens (including phenoxy) is 1. The van der Waals surface area contributed by atoms with Crippen LogP contribution in [-0.4, -0.2) is 41.0 Å². The lowest BCUT2D eigenvalue weighted by atomic mass is 10.0. The van der Waals surface area contributed by atoms with Crippen molar-refractivity contribution >= 4 is 5.91 Å². The highest BCUT2D eigenvalue weighted by Crippen LogP contribution is 2.30. The van der Waals surface area contributed by atoms with Crippen molar-refractivity contribution in [1.29, 1.82) is 0 Å². The van der Waals surface area contributed by atoms with Gasteiger partial charge in [-0.2, -0.15) is 0 Å². The zero-order valence-corrected chi connectivity index (χ0v) is 14.2. The van der Waals surface area contributed by atoms with Crippen LogP contribution in [0.5, 0.6) is 5.75 Å². The van der Waals surface area contributed by atoms with E-state index in [0.29, 0.717) is 13.0 Å². The van der Waals surface area contributed by atoms with E-state index >= 15 is 0 Å². The second-order valence-corrected chi connectivity index (χ2v) is 6.69. The van der Waals surface area contributed by atoms with E-state index < -0.39 is 6.10 Å². The van der Waals surface area contributed by atoms with Crippen LogP contribution < -0.4 is 10.1 Å². The molecule has 1 unspecified atom stereocenters. The van der Waals surface area contributed by atoms with E-state index in [0.717, 1.165) is 42.9 Å². The molecule has 130 valence electrons. The van der Waals surface area contributed by atoms with Crippen molar-refractivity contribution in [2.24, 2.45) is 0 Å². The highest BCUT2D eigenvalue weighted by atomic mass is 16.5. The number of pyridine rings is 1. The maximum absolute atomic E-state index is 13.3. The number of carbonyl (C=O) groups excluding carboxylic acids is 1. The van der Waals surface area contributed by atoms with Gasteiger partial charge in [-0.15, -0.1) is 0 Å². The van der Waals surface area contributed by atoms with E-state index in [-0.39, 0.29) is 11.9 Å². The van der Waals surface area contributed by atoms with Gasteiger partial charge in [0.15, 0.2) is 6.10 Å². The topological polar surface area (TPSA) is 54.5 Å². The molecule has 1 saturated heterocycles. The van der Waals surface area contributed by atoms with Crippen molar-refractivity contribution in [3.8, 4) is 5.75 Å². The Hall–Kier alpha value is -2.40. The maximum atomic E-state index is 13.3. The number of nitrogens with zero attached hydrogens (tertiary/aromatic N) is 2. The molecule has 25 heavy (non-hydrogen) atoms. The van der Waals surface area contributed by atoms with Crippen molar-refractivity contribution in [3.05, 3.63) is 59.9 Å². The van der Waals surface area contributed by atoms with Gasteiger partial charge in [0.25, 0.3) is 5.91 Å². The van der Waals surface area contributed by atoms with Gasteiger partial charge in [-0.1, -0.05) is 24.3 Å². The molecule has 5 nitrogen and oxygen atoms in total. The van der Waals surface area contributed by atoms with Gasteiger partial charge in [-0.3, -0.25) is 9.78 Å². The monoisotopic (exact) mass is 337 g/mol. The van der Waals surface area contributed by atoms with Gasteiger partial charge in [0.05, 0.1) is 12.2 Å².